The fourth-order valence-corrected chi connectivity index (χ4v) is 6.56. The molecule has 0 aliphatic rings. The van der Waals surface area contributed by atoms with Gasteiger partial charge in [0.25, 0.3) is 0 Å². The van der Waals surface area contributed by atoms with E-state index in [0.717, 1.165) is 0 Å². The maximum Gasteiger partial charge on any atom is 0.460 e. The molecule has 0 saturated heterocycles. The maximum atomic E-state index is 14.6. The van der Waals surface area contributed by atoms with Gasteiger partial charge in [0, 0.05) is 19.3 Å². The van der Waals surface area contributed by atoms with Gasteiger partial charge in [0.05, 0.1) is 26.4 Å². The lowest BCUT2D eigenvalue weighted by molar-refractivity contribution is -0.461. The predicted octanol–water partition coefficient (Wildman–Crippen LogP) is 19.7. The molecule has 0 bridgehead atoms. The standard InChI is InChI=1S/C40H23F51O4/c41-17(42,20(47,48)23(53,54)26(59,60)29(65,66)32(71,72)35(77,78)38(83,84)85)4-1-7-93-14-10-13(12-92)11-15(94-8-2-5-18(43,44)21(49,50)24(55,56)27(61,62)30(67,68)33(73,74)36(79,80)39(86,87)88)16(14)95-9-3-6-19(45,46)22(51,52)25(57,58)28(63,64)31(69,70)34(75,76)37(81,82)40(89,90)91/h10-11,92H,1-9,12H2. The zero-order valence-electron chi connectivity index (χ0n) is 43.2. The second-order valence-electron chi connectivity index (χ2n) is 18.9. The van der Waals surface area contributed by atoms with Crippen molar-refractivity contribution in [2.75, 3.05) is 19.8 Å². The van der Waals surface area contributed by atoms with E-state index in [1.807, 2.05) is 0 Å². The molecular formula is C40H23F51O4. The number of halogens is 51. The summed E-state index contributed by atoms with van der Waals surface area (Å²) in [6.07, 6.45) is -42.8. The molecule has 95 heavy (non-hydrogen) atoms. The number of rotatable bonds is 34. The van der Waals surface area contributed by atoms with Crippen LogP contribution < -0.4 is 14.2 Å². The first-order valence-corrected chi connectivity index (χ1v) is 22.8. The predicted molar refractivity (Wildman–Crippen MR) is 199 cm³/mol. The van der Waals surface area contributed by atoms with Gasteiger partial charge in [0.1, 0.15) is 0 Å². The van der Waals surface area contributed by atoms with Gasteiger partial charge in [-0.2, -0.15) is 224 Å². The van der Waals surface area contributed by atoms with E-state index in [0.29, 0.717) is 0 Å². The van der Waals surface area contributed by atoms with E-state index in [4.69, 9.17) is 0 Å². The topological polar surface area (TPSA) is 47.9 Å². The Balaban J connectivity index is 4.01. The third-order valence-electron chi connectivity index (χ3n) is 12.3. The first kappa shape index (κ1) is 88.0. The zero-order chi connectivity index (χ0) is 76.9. The summed E-state index contributed by atoms with van der Waals surface area (Å²) in [5.74, 6) is -189. The van der Waals surface area contributed by atoms with Gasteiger partial charge < -0.3 is 19.3 Å². The van der Waals surface area contributed by atoms with Crippen molar-refractivity contribution in [3.8, 4) is 17.2 Å². The summed E-state index contributed by atoms with van der Waals surface area (Å²) in [7, 11) is 0. The summed E-state index contributed by atoms with van der Waals surface area (Å²) in [5.41, 5.74) is -1.24. The average molecular weight is 1540 g/mol. The van der Waals surface area contributed by atoms with Crippen LogP contribution in [-0.2, 0) is 6.61 Å². The Hall–Kier alpha value is -4.99. The Bertz CT molecular complexity index is 2640. The van der Waals surface area contributed by atoms with Gasteiger partial charge in [-0.1, -0.05) is 0 Å². The summed E-state index contributed by atoms with van der Waals surface area (Å²) in [5, 5.41) is 9.53. The van der Waals surface area contributed by atoms with Gasteiger partial charge in [0.15, 0.2) is 11.5 Å². The minimum absolute atomic E-state index is 0.146. The van der Waals surface area contributed by atoms with E-state index in [1.54, 1.807) is 0 Å². The molecule has 0 heterocycles. The number of alkyl halides is 51. The van der Waals surface area contributed by atoms with Gasteiger partial charge in [-0.25, -0.2) is 0 Å². The van der Waals surface area contributed by atoms with Crippen LogP contribution in [0.5, 0.6) is 17.2 Å². The zero-order valence-corrected chi connectivity index (χ0v) is 43.2. The van der Waals surface area contributed by atoms with Crippen LogP contribution in [0.1, 0.15) is 44.1 Å². The lowest BCUT2D eigenvalue weighted by atomic mass is 9.88. The van der Waals surface area contributed by atoms with Crippen LogP contribution in [0.15, 0.2) is 12.1 Å². The highest BCUT2D eigenvalue weighted by atomic mass is 19.5. The quantitative estimate of drug-likeness (QED) is 0.0552. The molecule has 1 aromatic carbocycles. The highest BCUT2D eigenvalue weighted by molar-refractivity contribution is 5.54. The molecule has 1 rings (SSSR count). The molecule has 0 fully saturated rings. The monoisotopic (exact) mass is 1540 g/mol. The second-order valence-corrected chi connectivity index (χ2v) is 18.9. The molecule has 0 spiro atoms. The minimum atomic E-state index is -9.23. The number of hydrogen-bond acceptors (Lipinski definition) is 4. The van der Waals surface area contributed by atoms with E-state index in [-0.39, 0.29) is 12.1 Å². The number of hydrogen-bond donors (Lipinski definition) is 1. The fourth-order valence-electron chi connectivity index (χ4n) is 6.56. The molecule has 1 N–H and O–H groups in total. The van der Waals surface area contributed by atoms with Crippen molar-refractivity contribution >= 4 is 0 Å². The third-order valence-corrected chi connectivity index (χ3v) is 12.3. The van der Waals surface area contributed by atoms with E-state index >= 15 is 0 Å². The molecule has 0 unspecified atom stereocenters. The molecule has 0 atom stereocenters. The van der Waals surface area contributed by atoms with Crippen molar-refractivity contribution in [1.82, 2.24) is 0 Å². The van der Waals surface area contributed by atoms with Crippen molar-refractivity contribution < 1.29 is 243 Å². The lowest BCUT2D eigenvalue weighted by Gasteiger charge is -2.42. The number of ether oxygens (including phenoxy) is 3. The van der Waals surface area contributed by atoms with Gasteiger partial charge >= 0.3 is 143 Å². The number of aliphatic hydroxyl groups is 1. The van der Waals surface area contributed by atoms with Gasteiger partial charge in [-0.15, -0.1) is 0 Å². The van der Waals surface area contributed by atoms with Crippen molar-refractivity contribution in [2.45, 2.75) is 188 Å². The Morgan fingerprint density at radius 1 is 0.221 bits per heavy atom. The highest BCUT2D eigenvalue weighted by Gasteiger charge is 2.98. The Morgan fingerprint density at radius 3 is 0.547 bits per heavy atom. The van der Waals surface area contributed by atoms with Crippen LogP contribution in [-0.4, -0.2) is 168 Å². The van der Waals surface area contributed by atoms with Crippen LogP contribution in [0.25, 0.3) is 0 Å². The fraction of sp³-hybridized carbons (Fsp3) is 0.850. The molecule has 0 aromatic heterocycles. The molecule has 4 nitrogen and oxygen atoms in total. The molecule has 0 radical (unpaired) electrons. The van der Waals surface area contributed by atoms with Crippen molar-refractivity contribution in [3.05, 3.63) is 17.7 Å². The normalized spacial score (nSPS) is 16.2. The Labute approximate surface area is 486 Å². The molecule has 1 aromatic rings. The summed E-state index contributed by atoms with van der Waals surface area (Å²) < 4.78 is 713. The van der Waals surface area contributed by atoms with Gasteiger partial charge in [0.2, 0.25) is 5.75 Å². The van der Waals surface area contributed by atoms with E-state index < -0.39 is 231 Å². The number of aliphatic hydroxyl groups excluding tert-OH is 1. The molecule has 0 amide bonds. The van der Waals surface area contributed by atoms with Gasteiger partial charge in [-0.3, -0.25) is 0 Å². The lowest BCUT2D eigenvalue weighted by Crippen LogP contribution is -2.74. The average Bonchev–Trinajstić information content (AvgIpc) is 0.709. The first-order valence-electron chi connectivity index (χ1n) is 22.8. The molecule has 0 aliphatic carbocycles. The van der Waals surface area contributed by atoms with E-state index in [2.05, 4.69) is 14.2 Å². The SMILES string of the molecule is OCc1cc(OCCCC(F)(F)C(F)(F)C(F)(F)C(F)(F)C(F)(F)C(F)(F)C(F)(F)C(F)(F)F)c(OCCCC(F)(F)C(F)(F)C(F)(F)C(F)(F)C(F)(F)C(F)(F)C(F)(F)C(F)(F)F)c(OCCCC(F)(F)C(F)(F)C(F)(F)C(F)(F)C(F)(F)C(F)(F)C(F)(F)C(F)(F)F)c1. The smallest absolute Gasteiger partial charge is 0.460 e. The van der Waals surface area contributed by atoms with Crippen LogP contribution in [0.3, 0.4) is 0 Å². The Morgan fingerprint density at radius 2 is 0.379 bits per heavy atom. The molecular weight excluding hydrogens is 1510 g/mol. The molecule has 0 saturated carbocycles. The summed E-state index contributed by atoms with van der Waals surface area (Å²) in [6, 6.07) is -0.291. The van der Waals surface area contributed by atoms with Crippen molar-refractivity contribution in [2.24, 2.45) is 0 Å². The molecule has 55 heteroatoms. The first-order chi connectivity index (χ1) is 41.0. The molecule has 0 aliphatic heterocycles. The summed E-state index contributed by atoms with van der Waals surface area (Å²) in [6.45, 7) is -8.89. The third kappa shape index (κ3) is 13.2. The number of benzene rings is 1. The molecule has 564 valence electrons. The van der Waals surface area contributed by atoms with Crippen molar-refractivity contribution in [1.29, 1.82) is 0 Å². The van der Waals surface area contributed by atoms with E-state index in [1.165, 1.54) is 0 Å². The highest BCUT2D eigenvalue weighted by Crippen LogP contribution is 2.68. The van der Waals surface area contributed by atoms with Crippen LogP contribution in [0.2, 0.25) is 0 Å². The largest absolute Gasteiger partial charge is 0.490 e. The minimum Gasteiger partial charge on any atom is -0.490 e. The van der Waals surface area contributed by atoms with E-state index in [9.17, 15) is 229 Å². The van der Waals surface area contributed by atoms with Crippen LogP contribution in [0.4, 0.5) is 224 Å². The van der Waals surface area contributed by atoms with Crippen LogP contribution >= 0.6 is 0 Å². The van der Waals surface area contributed by atoms with Crippen molar-refractivity contribution in [3.63, 3.8) is 0 Å². The maximum absolute atomic E-state index is 14.6. The second kappa shape index (κ2) is 25.0. The Kier molecular flexibility index (Phi) is 23.2. The summed E-state index contributed by atoms with van der Waals surface area (Å²) >= 11 is 0. The van der Waals surface area contributed by atoms with Gasteiger partial charge in [-0.05, 0) is 37.0 Å². The van der Waals surface area contributed by atoms with Crippen LogP contribution in [0, 0.1) is 0 Å². The summed E-state index contributed by atoms with van der Waals surface area (Å²) in [4.78, 5) is 0.